The van der Waals surface area contributed by atoms with Gasteiger partial charge in [-0.15, -0.1) is 10.2 Å². The van der Waals surface area contributed by atoms with Gasteiger partial charge < -0.3 is 13.9 Å². The molecule has 5 nitrogen and oxygen atoms in total. The Bertz CT molecular complexity index is 473. The Morgan fingerprint density at radius 3 is 2.88 bits per heavy atom. The van der Waals surface area contributed by atoms with Crippen LogP contribution < -0.4 is 4.74 Å². The Morgan fingerprint density at radius 1 is 1.29 bits per heavy atom. The van der Waals surface area contributed by atoms with E-state index < -0.39 is 0 Å². The SMILES string of the molecule is O=CCSc1nnc(COc2ccccc2)o1. The Morgan fingerprint density at radius 2 is 2.12 bits per heavy atom. The zero-order chi connectivity index (χ0) is 11.9. The molecule has 1 aromatic carbocycles. The van der Waals surface area contributed by atoms with Crippen LogP contribution in [0.25, 0.3) is 0 Å². The predicted octanol–water partition coefficient (Wildman–Crippen LogP) is 1.94. The zero-order valence-electron chi connectivity index (χ0n) is 8.91. The van der Waals surface area contributed by atoms with E-state index in [9.17, 15) is 4.79 Å². The van der Waals surface area contributed by atoms with E-state index in [1.807, 2.05) is 30.3 Å². The largest absolute Gasteiger partial charge is 0.484 e. The molecule has 0 fully saturated rings. The van der Waals surface area contributed by atoms with Crippen LogP contribution in [-0.2, 0) is 11.4 Å². The standard InChI is InChI=1S/C11H10N2O3S/c14-6-7-17-11-13-12-10(16-11)8-15-9-4-2-1-3-5-9/h1-6H,7-8H2. The molecule has 0 spiro atoms. The molecule has 2 rings (SSSR count). The molecule has 0 amide bonds. The van der Waals surface area contributed by atoms with E-state index in [4.69, 9.17) is 9.15 Å². The average molecular weight is 250 g/mol. The van der Waals surface area contributed by atoms with Crippen molar-refractivity contribution < 1.29 is 13.9 Å². The zero-order valence-corrected chi connectivity index (χ0v) is 9.72. The summed E-state index contributed by atoms with van der Waals surface area (Å²) in [5.41, 5.74) is 0. The number of carbonyl (C=O) groups excluding carboxylic acids is 1. The fourth-order valence-electron chi connectivity index (χ4n) is 1.12. The quantitative estimate of drug-likeness (QED) is 0.576. The fourth-order valence-corrected chi connectivity index (χ4v) is 1.59. The van der Waals surface area contributed by atoms with Gasteiger partial charge in [0.1, 0.15) is 12.0 Å². The van der Waals surface area contributed by atoms with Crippen molar-refractivity contribution in [2.24, 2.45) is 0 Å². The van der Waals surface area contributed by atoms with Crippen LogP contribution in [-0.4, -0.2) is 22.2 Å². The molecule has 0 aliphatic rings. The number of hydrogen-bond acceptors (Lipinski definition) is 6. The van der Waals surface area contributed by atoms with E-state index in [0.717, 1.165) is 12.0 Å². The van der Waals surface area contributed by atoms with E-state index in [1.165, 1.54) is 11.8 Å². The minimum atomic E-state index is 0.221. The van der Waals surface area contributed by atoms with E-state index in [2.05, 4.69) is 10.2 Å². The van der Waals surface area contributed by atoms with Gasteiger partial charge >= 0.3 is 0 Å². The van der Waals surface area contributed by atoms with Crippen LogP contribution in [0.3, 0.4) is 0 Å². The van der Waals surface area contributed by atoms with Crippen molar-refractivity contribution in [3.05, 3.63) is 36.2 Å². The number of carbonyl (C=O) groups is 1. The number of aldehydes is 1. The molecule has 17 heavy (non-hydrogen) atoms. The van der Waals surface area contributed by atoms with Gasteiger partial charge in [-0.3, -0.25) is 0 Å². The number of benzene rings is 1. The van der Waals surface area contributed by atoms with Crippen molar-refractivity contribution in [3.63, 3.8) is 0 Å². The fraction of sp³-hybridized carbons (Fsp3) is 0.182. The second-order valence-electron chi connectivity index (χ2n) is 3.04. The highest BCUT2D eigenvalue weighted by atomic mass is 32.2. The minimum Gasteiger partial charge on any atom is -0.484 e. The molecule has 0 atom stereocenters. The molecular formula is C11H10N2O3S. The predicted molar refractivity (Wildman–Crippen MR) is 61.9 cm³/mol. The highest BCUT2D eigenvalue weighted by Gasteiger charge is 2.06. The van der Waals surface area contributed by atoms with Crippen molar-refractivity contribution in [2.75, 3.05) is 5.75 Å². The van der Waals surface area contributed by atoms with Gasteiger partial charge in [0.05, 0.1) is 5.75 Å². The topological polar surface area (TPSA) is 65.2 Å². The maximum atomic E-state index is 10.2. The number of para-hydroxylation sites is 1. The van der Waals surface area contributed by atoms with Crippen molar-refractivity contribution in [3.8, 4) is 5.75 Å². The Hall–Kier alpha value is -1.82. The molecule has 6 heteroatoms. The summed E-state index contributed by atoms with van der Waals surface area (Å²) in [6, 6.07) is 9.37. The monoisotopic (exact) mass is 250 g/mol. The van der Waals surface area contributed by atoms with Gasteiger partial charge in [0.15, 0.2) is 6.61 Å². The second kappa shape index (κ2) is 6.05. The summed E-state index contributed by atoms with van der Waals surface area (Å²) in [7, 11) is 0. The van der Waals surface area contributed by atoms with Crippen molar-refractivity contribution in [1.29, 1.82) is 0 Å². The van der Waals surface area contributed by atoms with E-state index >= 15 is 0 Å². The van der Waals surface area contributed by atoms with Gasteiger partial charge in [0.25, 0.3) is 11.1 Å². The normalized spacial score (nSPS) is 10.1. The van der Waals surface area contributed by atoms with Crippen LogP contribution >= 0.6 is 11.8 Å². The smallest absolute Gasteiger partial charge is 0.277 e. The number of thioether (sulfide) groups is 1. The van der Waals surface area contributed by atoms with Crippen LogP contribution in [0, 0.1) is 0 Å². The lowest BCUT2D eigenvalue weighted by atomic mass is 10.3. The van der Waals surface area contributed by atoms with Gasteiger partial charge in [-0.05, 0) is 12.1 Å². The van der Waals surface area contributed by atoms with Gasteiger partial charge in [-0.2, -0.15) is 0 Å². The molecule has 2 aromatic rings. The molecule has 1 aromatic heterocycles. The van der Waals surface area contributed by atoms with Crippen molar-refractivity contribution >= 4 is 18.0 Å². The van der Waals surface area contributed by atoms with Crippen LogP contribution in [0.4, 0.5) is 0 Å². The summed E-state index contributed by atoms with van der Waals surface area (Å²) in [4.78, 5) is 10.2. The van der Waals surface area contributed by atoms with Crippen LogP contribution in [0.1, 0.15) is 5.89 Å². The lowest BCUT2D eigenvalue weighted by Crippen LogP contribution is -1.95. The van der Waals surface area contributed by atoms with E-state index in [-0.39, 0.29) is 6.61 Å². The summed E-state index contributed by atoms with van der Waals surface area (Å²) in [5, 5.41) is 7.96. The minimum absolute atomic E-state index is 0.221. The first-order valence-corrected chi connectivity index (χ1v) is 5.93. The Balaban J connectivity index is 1.87. The average Bonchev–Trinajstić information content (AvgIpc) is 2.83. The summed E-state index contributed by atoms with van der Waals surface area (Å²) < 4.78 is 10.7. The third-order valence-electron chi connectivity index (χ3n) is 1.83. The molecule has 0 saturated carbocycles. The molecule has 0 saturated heterocycles. The molecule has 0 unspecified atom stereocenters. The summed E-state index contributed by atoms with van der Waals surface area (Å²) >= 11 is 1.20. The van der Waals surface area contributed by atoms with Gasteiger partial charge in [-0.25, -0.2) is 0 Å². The third kappa shape index (κ3) is 3.60. The summed E-state index contributed by atoms with van der Waals surface area (Å²) in [5.74, 6) is 1.44. The van der Waals surface area contributed by atoms with E-state index in [0.29, 0.717) is 16.9 Å². The van der Waals surface area contributed by atoms with Gasteiger partial charge in [0, 0.05) is 0 Å². The molecule has 1 heterocycles. The molecule has 0 bridgehead atoms. The van der Waals surface area contributed by atoms with E-state index in [1.54, 1.807) is 0 Å². The Labute approximate surface area is 102 Å². The molecule has 0 aliphatic carbocycles. The molecule has 88 valence electrons. The maximum Gasteiger partial charge on any atom is 0.277 e. The van der Waals surface area contributed by atoms with Gasteiger partial charge in [0.2, 0.25) is 0 Å². The first-order chi connectivity index (χ1) is 8.38. The second-order valence-corrected chi connectivity index (χ2v) is 4.01. The molecule has 0 aliphatic heterocycles. The van der Waals surface area contributed by atoms with Crippen molar-refractivity contribution in [1.82, 2.24) is 10.2 Å². The first kappa shape index (κ1) is 11.7. The molecule has 0 radical (unpaired) electrons. The highest BCUT2D eigenvalue weighted by molar-refractivity contribution is 7.99. The molecular weight excluding hydrogens is 240 g/mol. The van der Waals surface area contributed by atoms with Crippen LogP contribution in [0.15, 0.2) is 40.0 Å². The number of rotatable bonds is 6. The summed E-state index contributed by atoms with van der Waals surface area (Å²) in [6.45, 7) is 0.221. The van der Waals surface area contributed by atoms with Crippen molar-refractivity contribution in [2.45, 2.75) is 11.8 Å². The van der Waals surface area contributed by atoms with Crippen LogP contribution in [0.5, 0.6) is 5.75 Å². The number of aromatic nitrogens is 2. The lowest BCUT2D eigenvalue weighted by Gasteiger charge is -2.01. The summed E-state index contributed by atoms with van der Waals surface area (Å²) in [6.07, 6.45) is 0.787. The Kier molecular flexibility index (Phi) is 4.15. The number of nitrogens with zero attached hydrogens (tertiary/aromatic N) is 2. The first-order valence-electron chi connectivity index (χ1n) is 4.95. The highest BCUT2D eigenvalue weighted by Crippen LogP contribution is 2.16. The molecule has 0 N–H and O–H groups in total. The number of ether oxygens (including phenoxy) is 1. The van der Waals surface area contributed by atoms with Crippen LogP contribution in [0.2, 0.25) is 0 Å². The maximum absolute atomic E-state index is 10.2. The van der Waals surface area contributed by atoms with Gasteiger partial charge in [-0.1, -0.05) is 30.0 Å². The third-order valence-corrected chi connectivity index (χ3v) is 2.54. The number of hydrogen-bond donors (Lipinski definition) is 0. The lowest BCUT2D eigenvalue weighted by molar-refractivity contribution is -0.105.